The van der Waals surface area contributed by atoms with E-state index in [4.69, 9.17) is 4.43 Å². The number of hydrogen-bond donors (Lipinski definition) is 2. The molecule has 1 atom stereocenters. The third kappa shape index (κ3) is 9.71. The zero-order valence-corrected chi connectivity index (χ0v) is 27.3. The lowest BCUT2D eigenvalue weighted by atomic mass is 9.72. The smallest absolute Gasteiger partial charge is 0.274 e. The minimum atomic E-state index is -1.46. The fourth-order valence-electron chi connectivity index (χ4n) is 4.40. The van der Waals surface area contributed by atoms with E-state index in [0.717, 1.165) is 35.4 Å². The molecule has 1 heterocycles. The van der Waals surface area contributed by atoms with Crippen molar-refractivity contribution in [2.45, 2.75) is 65.6 Å². The van der Waals surface area contributed by atoms with Crippen molar-refractivity contribution in [3.8, 4) is 0 Å². The molecular formula is C28H46N4O3S2Si. The Hall–Kier alpha value is -1.85. The summed E-state index contributed by atoms with van der Waals surface area (Å²) >= 11 is 3.70. The molecule has 7 nitrogen and oxygen atoms in total. The van der Waals surface area contributed by atoms with Gasteiger partial charge in [-0.25, -0.2) is 0 Å². The summed E-state index contributed by atoms with van der Waals surface area (Å²) in [4.78, 5) is 16.0. The molecular weight excluding hydrogens is 533 g/mol. The highest BCUT2D eigenvalue weighted by Crippen LogP contribution is 2.43. The molecule has 0 saturated carbocycles. The highest BCUT2D eigenvalue weighted by molar-refractivity contribution is 7.98. The molecule has 1 aromatic heterocycles. The van der Waals surface area contributed by atoms with Gasteiger partial charge in [-0.05, 0) is 63.6 Å². The van der Waals surface area contributed by atoms with Gasteiger partial charge in [-0.1, -0.05) is 50.6 Å². The first kappa shape index (κ1) is 32.4. The minimum absolute atomic E-state index is 0.245. The van der Waals surface area contributed by atoms with Crippen LogP contribution >= 0.6 is 23.1 Å². The molecule has 1 unspecified atom stereocenters. The van der Waals surface area contributed by atoms with Crippen molar-refractivity contribution >= 4 is 32.1 Å². The van der Waals surface area contributed by atoms with Crippen molar-refractivity contribution in [2.24, 2.45) is 5.41 Å². The lowest BCUT2D eigenvalue weighted by Gasteiger charge is -2.47. The first-order valence-electron chi connectivity index (χ1n) is 13.1. The van der Waals surface area contributed by atoms with E-state index < -0.39 is 19.6 Å². The monoisotopic (exact) mass is 578 g/mol. The van der Waals surface area contributed by atoms with Gasteiger partial charge in [-0.15, -0.1) is 11.3 Å². The lowest BCUT2D eigenvalue weighted by molar-refractivity contribution is -0.404. The summed E-state index contributed by atoms with van der Waals surface area (Å²) in [5.41, 5.74) is 2.73. The third-order valence-corrected chi connectivity index (χ3v) is 9.52. The van der Waals surface area contributed by atoms with Crippen LogP contribution in [0.5, 0.6) is 0 Å². The van der Waals surface area contributed by atoms with Crippen LogP contribution in [0.4, 0.5) is 0 Å². The van der Waals surface area contributed by atoms with Crippen LogP contribution in [0.3, 0.4) is 0 Å². The predicted molar refractivity (Wildman–Crippen MR) is 166 cm³/mol. The van der Waals surface area contributed by atoms with Crippen LogP contribution in [-0.2, 0) is 22.3 Å². The summed E-state index contributed by atoms with van der Waals surface area (Å²) in [5.74, 6) is 2.19. The van der Waals surface area contributed by atoms with E-state index in [2.05, 4.69) is 108 Å². The van der Waals surface area contributed by atoms with E-state index in [1.54, 1.807) is 0 Å². The van der Waals surface area contributed by atoms with Crippen molar-refractivity contribution in [1.29, 1.82) is 0 Å². The molecule has 0 bridgehead atoms. The second-order valence-electron chi connectivity index (χ2n) is 11.3. The second kappa shape index (κ2) is 14.5. The van der Waals surface area contributed by atoms with Crippen molar-refractivity contribution in [3.63, 3.8) is 0 Å². The molecule has 0 fully saturated rings. The fraction of sp³-hybridized carbons (Fsp3) is 0.571. The number of thioether (sulfide) groups is 1. The summed E-state index contributed by atoms with van der Waals surface area (Å²) < 4.78 is 6.77. The maximum atomic E-state index is 11.4. The minimum Gasteiger partial charge on any atom is -0.409 e. The van der Waals surface area contributed by atoms with Crippen LogP contribution in [-0.4, -0.2) is 51.8 Å². The molecule has 212 valence electrons. The second-order valence-corrected chi connectivity index (χ2v) is 16.0. The number of benzene rings is 1. The van der Waals surface area contributed by atoms with Gasteiger partial charge in [0.25, 0.3) is 6.20 Å². The number of nitrogens with one attached hydrogen (secondary N) is 2. The van der Waals surface area contributed by atoms with E-state index in [-0.39, 0.29) is 5.41 Å². The SMILES string of the molecule is Cc1cccc(C(CNC(=C[N+](=O)[O-])NCCSCc2cc(C)c(CN(C)C)s2)(O[SiH](C)C)C(C)(C)C)c1. The Kier molecular flexibility index (Phi) is 12.4. The molecule has 0 radical (unpaired) electrons. The predicted octanol–water partition coefficient (Wildman–Crippen LogP) is 5.86. The van der Waals surface area contributed by atoms with Crippen LogP contribution in [0.2, 0.25) is 13.1 Å². The van der Waals surface area contributed by atoms with Crippen LogP contribution in [0.15, 0.2) is 42.4 Å². The van der Waals surface area contributed by atoms with E-state index in [9.17, 15) is 10.1 Å². The maximum absolute atomic E-state index is 11.4. The van der Waals surface area contributed by atoms with E-state index in [1.807, 2.05) is 23.1 Å². The highest BCUT2D eigenvalue weighted by atomic mass is 32.2. The summed E-state index contributed by atoms with van der Waals surface area (Å²) in [7, 11) is 2.72. The summed E-state index contributed by atoms with van der Waals surface area (Å²) in [5, 5.41) is 18.0. The van der Waals surface area contributed by atoms with Crippen LogP contribution in [0, 0.1) is 29.4 Å². The number of aryl methyl sites for hydroxylation is 2. The Bertz CT molecular complexity index is 1080. The lowest BCUT2D eigenvalue weighted by Crippen LogP contribution is -2.52. The number of hydrogen-bond acceptors (Lipinski definition) is 8. The molecule has 10 heteroatoms. The van der Waals surface area contributed by atoms with Gasteiger partial charge in [-0.3, -0.25) is 10.1 Å². The van der Waals surface area contributed by atoms with E-state index >= 15 is 0 Å². The topological polar surface area (TPSA) is 79.7 Å². The zero-order chi connectivity index (χ0) is 28.5. The van der Waals surface area contributed by atoms with Gasteiger partial charge in [0.05, 0.1) is 4.92 Å². The Labute approximate surface area is 239 Å². The van der Waals surface area contributed by atoms with Gasteiger partial charge < -0.3 is 20.0 Å². The quantitative estimate of drug-likeness (QED) is 0.119. The number of rotatable bonds is 15. The zero-order valence-electron chi connectivity index (χ0n) is 24.5. The molecule has 38 heavy (non-hydrogen) atoms. The summed E-state index contributed by atoms with van der Waals surface area (Å²) in [6.07, 6.45) is 1.03. The van der Waals surface area contributed by atoms with E-state index in [0.29, 0.717) is 18.9 Å². The summed E-state index contributed by atoms with van der Waals surface area (Å²) in [6.45, 7) is 17.1. The van der Waals surface area contributed by atoms with Gasteiger partial charge in [0, 0.05) is 40.9 Å². The Morgan fingerprint density at radius 2 is 1.92 bits per heavy atom. The van der Waals surface area contributed by atoms with Gasteiger partial charge in [0.15, 0.2) is 14.9 Å². The molecule has 2 aromatic rings. The molecule has 0 aliphatic carbocycles. The third-order valence-electron chi connectivity index (χ3n) is 6.23. The Morgan fingerprint density at radius 1 is 1.21 bits per heavy atom. The van der Waals surface area contributed by atoms with Gasteiger partial charge in [-0.2, -0.15) is 11.8 Å². The van der Waals surface area contributed by atoms with Gasteiger partial charge in [0.1, 0.15) is 5.60 Å². The maximum Gasteiger partial charge on any atom is 0.274 e. The first-order chi connectivity index (χ1) is 17.7. The van der Waals surface area contributed by atoms with Crippen LogP contribution < -0.4 is 10.6 Å². The molecule has 2 N–H and O–H groups in total. The van der Waals surface area contributed by atoms with Crippen molar-refractivity contribution < 1.29 is 9.35 Å². The standard InChI is InChI=1S/C28H46N4O3S2Si/c1-21-11-10-12-23(15-21)28(27(3,4)5,35-38(8)9)20-30-26(18-32(33)34)29-13-14-36-19-24-16-22(2)25(37-24)17-31(6)7/h10-12,15-16,18,29-30,38H,13-14,17,19-20H2,1-9H3. The molecule has 0 spiro atoms. The molecule has 0 aliphatic heterocycles. The van der Waals surface area contributed by atoms with Crippen LogP contribution in [0.1, 0.15) is 47.2 Å². The van der Waals surface area contributed by atoms with Crippen molar-refractivity contribution in [3.05, 3.63) is 78.9 Å². The average molecular weight is 579 g/mol. The highest BCUT2D eigenvalue weighted by Gasteiger charge is 2.45. The van der Waals surface area contributed by atoms with Crippen molar-refractivity contribution in [1.82, 2.24) is 15.5 Å². The molecule has 1 aromatic carbocycles. The number of thiophene rings is 1. The van der Waals surface area contributed by atoms with Crippen molar-refractivity contribution in [2.75, 3.05) is 32.9 Å². The van der Waals surface area contributed by atoms with Crippen LogP contribution in [0.25, 0.3) is 0 Å². The normalized spacial score (nSPS) is 14.1. The Morgan fingerprint density at radius 3 is 2.50 bits per heavy atom. The molecule has 0 amide bonds. The molecule has 2 rings (SSSR count). The number of nitro groups is 1. The van der Waals surface area contributed by atoms with Gasteiger partial charge in [0.2, 0.25) is 0 Å². The first-order valence-corrected chi connectivity index (χ1v) is 17.9. The summed E-state index contributed by atoms with van der Waals surface area (Å²) in [6, 6.07) is 10.7. The average Bonchev–Trinajstić information content (AvgIpc) is 3.12. The van der Waals surface area contributed by atoms with Gasteiger partial charge >= 0.3 is 0 Å². The fourth-order valence-corrected chi connectivity index (χ4v) is 8.03. The largest absolute Gasteiger partial charge is 0.409 e. The number of nitrogens with zero attached hydrogens (tertiary/aromatic N) is 2. The molecule has 0 saturated heterocycles. The molecule has 0 aliphatic rings. The van der Waals surface area contributed by atoms with E-state index in [1.165, 1.54) is 15.3 Å². The Balaban J connectivity index is 2.08.